The van der Waals surface area contributed by atoms with Crippen LogP contribution in [-0.2, 0) is 0 Å². The van der Waals surface area contributed by atoms with E-state index in [0.717, 1.165) is 12.8 Å². The standard InChI is InChI=1S/C12H18N2/c13-9-5-4-8-12(10-14)11-6-2-1-3-7-11/h11-12H,1-8H2. The maximum absolute atomic E-state index is 9.04. The number of hydrogen-bond acceptors (Lipinski definition) is 2. The molecular formula is C12H18N2. The van der Waals surface area contributed by atoms with Crippen molar-refractivity contribution < 1.29 is 0 Å². The molecule has 1 rings (SSSR count). The lowest BCUT2D eigenvalue weighted by Crippen LogP contribution is -2.16. The first-order valence-electron chi connectivity index (χ1n) is 5.65. The SMILES string of the molecule is N#CCCCC(C#N)C1CCCCC1. The van der Waals surface area contributed by atoms with Gasteiger partial charge in [0.15, 0.2) is 0 Å². The summed E-state index contributed by atoms with van der Waals surface area (Å²) in [6.45, 7) is 0. The Morgan fingerprint density at radius 3 is 2.43 bits per heavy atom. The molecule has 2 heteroatoms. The highest BCUT2D eigenvalue weighted by atomic mass is 14.3. The molecule has 1 unspecified atom stereocenters. The molecule has 0 bridgehead atoms. The minimum Gasteiger partial charge on any atom is -0.198 e. The molecule has 0 saturated heterocycles. The van der Waals surface area contributed by atoms with Gasteiger partial charge in [0, 0.05) is 12.3 Å². The minimum atomic E-state index is 0.212. The van der Waals surface area contributed by atoms with Crippen LogP contribution in [0.2, 0.25) is 0 Å². The molecule has 0 aromatic rings. The van der Waals surface area contributed by atoms with Gasteiger partial charge in [-0.25, -0.2) is 0 Å². The van der Waals surface area contributed by atoms with E-state index >= 15 is 0 Å². The summed E-state index contributed by atoms with van der Waals surface area (Å²) in [5, 5.41) is 17.5. The predicted octanol–water partition coefficient (Wildman–Crippen LogP) is 3.40. The Bertz CT molecular complexity index is 228. The van der Waals surface area contributed by atoms with Crippen molar-refractivity contribution in [1.29, 1.82) is 10.5 Å². The van der Waals surface area contributed by atoms with Crippen LogP contribution in [-0.4, -0.2) is 0 Å². The van der Waals surface area contributed by atoms with Crippen molar-refractivity contribution in [3.05, 3.63) is 0 Å². The summed E-state index contributed by atoms with van der Waals surface area (Å²) in [7, 11) is 0. The van der Waals surface area contributed by atoms with Gasteiger partial charge in [-0.3, -0.25) is 0 Å². The molecule has 0 aliphatic heterocycles. The third-order valence-corrected chi connectivity index (χ3v) is 3.19. The van der Waals surface area contributed by atoms with Crippen molar-refractivity contribution in [2.24, 2.45) is 11.8 Å². The number of rotatable bonds is 4. The fourth-order valence-electron chi connectivity index (χ4n) is 2.34. The topological polar surface area (TPSA) is 47.6 Å². The van der Waals surface area contributed by atoms with E-state index in [1.165, 1.54) is 32.1 Å². The average molecular weight is 190 g/mol. The lowest BCUT2D eigenvalue weighted by Gasteiger charge is -2.25. The lowest BCUT2D eigenvalue weighted by atomic mass is 9.78. The van der Waals surface area contributed by atoms with E-state index in [0.29, 0.717) is 12.3 Å². The second-order valence-electron chi connectivity index (χ2n) is 4.18. The maximum atomic E-state index is 9.04. The van der Waals surface area contributed by atoms with Gasteiger partial charge in [0.05, 0.1) is 12.1 Å². The first-order valence-corrected chi connectivity index (χ1v) is 5.65. The van der Waals surface area contributed by atoms with Crippen LogP contribution in [0.1, 0.15) is 51.4 Å². The highest BCUT2D eigenvalue weighted by Gasteiger charge is 2.22. The molecule has 2 nitrogen and oxygen atoms in total. The molecule has 76 valence electrons. The normalized spacial score (nSPS) is 19.6. The molecular weight excluding hydrogens is 172 g/mol. The molecule has 1 aliphatic rings. The van der Waals surface area contributed by atoms with Crippen LogP contribution >= 0.6 is 0 Å². The molecule has 0 heterocycles. The third-order valence-electron chi connectivity index (χ3n) is 3.19. The Hall–Kier alpha value is -1.02. The van der Waals surface area contributed by atoms with Gasteiger partial charge in [0.1, 0.15) is 0 Å². The Balaban J connectivity index is 2.30. The van der Waals surface area contributed by atoms with E-state index in [1.807, 2.05) is 0 Å². The van der Waals surface area contributed by atoms with Gasteiger partial charge in [-0.1, -0.05) is 19.3 Å². The highest BCUT2D eigenvalue weighted by Crippen LogP contribution is 2.32. The molecule has 1 atom stereocenters. The Labute approximate surface area is 86.5 Å². The Morgan fingerprint density at radius 2 is 1.86 bits per heavy atom. The van der Waals surface area contributed by atoms with Gasteiger partial charge in [-0.05, 0) is 31.6 Å². The number of unbranched alkanes of at least 4 members (excludes halogenated alkanes) is 1. The largest absolute Gasteiger partial charge is 0.198 e. The fourth-order valence-corrected chi connectivity index (χ4v) is 2.34. The summed E-state index contributed by atoms with van der Waals surface area (Å²) >= 11 is 0. The summed E-state index contributed by atoms with van der Waals surface area (Å²) in [6, 6.07) is 4.56. The molecule has 14 heavy (non-hydrogen) atoms. The van der Waals surface area contributed by atoms with Crippen molar-refractivity contribution in [2.45, 2.75) is 51.4 Å². The second kappa shape index (κ2) is 6.44. The van der Waals surface area contributed by atoms with Crippen LogP contribution < -0.4 is 0 Å². The summed E-state index contributed by atoms with van der Waals surface area (Å²) in [4.78, 5) is 0. The molecule has 1 fully saturated rings. The van der Waals surface area contributed by atoms with E-state index in [-0.39, 0.29) is 5.92 Å². The molecule has 0 radical (unpaired) electrons. The third kappa shape index (κ3) is 3.38. The van der Waals surface area contributed by atoms with Crippen LogP contribution in [0.25, 0.3) is 0 Å². The van der Waals surface area contributed by atoms with E-state index in [2.05, 4.69) is 12.1 Å². The van der Waals surface area contributed by atoms with E-state index < -0.39 is 0 Å². The molecule has 1 aliphatic carbocycles. The smallest absolute Gasteiger partial charge is 0.0658 e. The van der Waals surface area contributed by atoms with Crippen molar-refractivity contribution >= 4 is 0 Å². The maximum Gasteiger partial charge on any atom is 0.0658 e. The molecule has 0 amide bonds. The van der Waals surface area contributed by atoms with Gasteiger partial charge in [0.2, 0.25) is 0 Å². The van der Waals surface area contributed by atoms with Gasteiger partial charge in [-0.15, -0.1) is 0 Å². The average Bonchev–Trinajstić information content (AvgIpc) is 2.26. The summed E-state index contributed by atoms with van der Waals surface area (Å²) in [5.41, 5.74) is 0. The quantitative estimate of drug-likeness (QED) is 0.638. The zero-order valence-electron chi connectivity index (χ0n) is 8.71. The fraction of sp³-hybridized carbons (Fsp3) is 0.833. The predicted molar refractivity (Wildman–Crippen MR) is 55.1 cm³/mol. The van der Waals surface area contributed by atoms with E-state index in [1.54, 1.807) is 0 Å². The first kappa shape index (κ1) is 11.1. The number of nitriles is 2. The zero-order valence-corrected chi connectivity index (χ0v) is 8.71. The molecule has 0 aromatic carbocycles. The first-order chi connectivity index (χ1) is 6.88. The van der Waals surface area contributed by atoms with Crippen LogP contribution in [0.3, 0.4) is 0 Å². The number of nitrogens with zero attached hydrogens (tertiary/aromatic N) is 2. The summed E-state index contributed by atoms with van der Waals surface area (Å²) in [5.74, 6) is 0.830. The van der Waals surface area contributed by atoms with Gasteiger partial charge in [0.25, 0.3) is 0 Å². The summed E-state index contributed by atoms with van der Waals surface area (Å²) < 4.78 is 0. The highest BCUT2D eigenvalue weighted by molar-refractivity contribution is 4.89. The van der Waals surface area contributed by atoms with Crippen molar-refractivity contribution in [1.82, 2.24) is 0 Å². The number of hydrogen-bond donors (Lipinski definition) is 0. The van der Waals surface area contributed by atoms with Gasteiger partial charge < -0.3 is 0 Å². The van der Waals surface area contributed by atoms with Gasteiger partial charge >= 0.3 is 0 Å². The van der Waals surface area contributed by atoms with Crippen LogP contribution in [0, 0.1) is 34.5 Å². The van der Waals surface area contributed by atoms with Crippen molar-refractivity contribution in [2.75, 3.05) is 0 Å². The summed E-state index contributed by atoms with van der Waals surface area (Å²) in [6.07, 6.45) is 8.80. The minimum absolute atomic E-state index is 0.212. The molecule has 0 aromatic heterocycles. The van der Waals surface area contributed by atoms with Crippen LogP contribution in [0.5, 0.6) is 0 Å². The van der Waals surface area contributed by atoms with E-state index in [9.17, 15) is 0 Å². The van der Waals surface area contributed by atoms with Gasteiger partial charge in [-0.2, -0.15) is 10.5 Å². The molecule has 1 saturated carbocycles. The van der Waals surface area contributed by atoms with Crippen LogP contribution in [0.15, 0.2) is 0 Å². The second-order valence-corrected chi connectivity index (χ2v) is 4.18. The van der Waals surface area contributed by atoms with E-state index in [4.69, 9.17) is 10.5 Å². The zero-order chi connectivity index (χ0) is 10.2. The lowest BCUT2D eigenvalue weighted by molar-refractivity contribution is 0.278. The Kier molecular flexibility index (Phi) is 5.08. The molecule has 0 spiro atoms. The van der Waals surface area contributed by atoms with Crippen LogP contribution in [0.4, 0.5) is 0 Å². The monoisotopic (exact) mass is 190 g/mol. The molecule has 0 N–H and O–H groups in total. The Morgan fingerprint density at radius 1 is 1.14 bits per heavy atom. The van der Waals surface area contributed by atoms with Crippen molar-refractivity contribution in [3.8, 4) is 12.1 Å². The van der Waals surface area contributed by atoms with Crippen molar-refractivity contribution in [3.63, 3.8) is 0 Å².